The zero-order chi connectivity index (χ0) is 13.8. The SMILES string of the molecule is FC(F)(F)CN(CCBr)Cc1c(Cl)cccc1Cl. The lowest BCUT2D eigenvalue weighted by molar-refractivity contribution is -0.146. The van der Waals surface area contributed by atoms with Gasteiger partial charge in [-0.2, -0.15) is 13.2 Å². The summed E-state index contributed by atoms with van der Waals surface area (Å²) < 4.78 is 37.2. The summed E-state index contributed by atoms with van der Waals surface area (Å²) in [4.78, 5) is 1.25. The maximum atomic E-state index is 12.4. The highest BCUT2D eigenvalue weighted by Gasteiger charge is 2.30. The third-order valence-electron chi connectivity index (χ3n) is 2.25. The number of rotatable bonds is 5. The van der Waals surface area contributed by atoms with Crippen molar-refractivity contribution in [2.24, 2.45) is 0 Å². The molecule has 0 aliphatic carbocycles. The summed E-state index contributed by atoms with van der Waals surface area (Å²) in [5, 5.41) is 1.21. The van der Waals surface area contributed by atoms with Gasteiger partial charge in [0.2, 0.25) is 0 Å². The summed E-state index contributed by atoms with van der Waals surface area (Å²) in [5.74, 6) is 0. The van der Waals surface area contributed by atoms with Crippen molar-refractivity contribution >= 4 is 39.1 Å². The summed E-state index contributed by atoms with van der Waals surface area (Å²) >= 11 is 15.0. The minimum atomic E-state index is -4.24. The van der Waals surface area contributed by atoms with Gasteiger partial charge in [0, 0.05) is 34.0 Å². The number of hydrogen-bond donors (Lipinski definition) is 0. The Morgan fingerprint density at radius 2 is 1.72 bits per heavy atom. The van der Waals surface area contributed by atoms with Crippen molar-refractivity contribution in [2.75, 3.05) is 18.4 Å². The summed E-state index contributed by atoms with van der Waals surface area (Å²) in [5.41, 5.74) is 0.519. The van der Waals surface area contributed by atoms with Gasteiger partial charge in [0.05, 0.1) is 6.54 Å². The molecule has 0 radical (unpaired) electrons. The van der Waals surface area contributed by atoms with Crippen LogP contribution < -0.4 is 0 Å². The van der Waals surface area contributed by atoms with Crippen LogP contribution in [-0.4, -0.2) is 29.5 Å². The smallest absolute Gasteiger partial charge is 0.290 e. The highest BCUT2D eigenvalue weighted by atomic mass is 79.9. The second-order valence-electron chi connectivity index (χ2n) is 3.72. The minimum Gasteiger partial charge on any atom is -0.290 e. The number of benzene rings is 1. The monoisotopic (exact) mass is 363 g/mol. The lowest BCUT2D eigenvalue weighted by Gasteiger charge is -2.23. The van der Waals surface area contributed by atoms with Crippen LogP contribution in [0.25, 0.3) is 0 Å². The quantitative estimate of drug-likeness (QED) is 0.681. The molecule has 0 saturated heterocycles. The van der Waals surface area contributed by atoms with E-state index in [9.17, 15) is 13.2 Å². The van der Waals surface area contributed by atoms with Gasteiger partial charge in [-0.3, -0.25) is 4.90 Å². The molecule has 1 aromatic carbocycles. The number of hydrogen-bond acceptors (Lipinski definition) is 1. The van der Waals surface area contributed by atoms with E-state index in [0.717, 1.165) is 0 Å². The van der Waals surface area contributed by atoms with Crippen LogP contribution in [0.15, 0.2) is 18.2 Å². The molecule has 0 N–H and O–H groups in total. The van der Waals surface area contributed by atoms with Crippen LogP contribution in [0.3, 0.4) is 0 Å². The summed E-state index contributed by atoms with van der Waals surface area (Å²) in [6.07, 6.45) is -4.24. The average Bonchev–Trinajstić information content (AvgIpc) is 2.21. The van der Waals surface area contributed by atoms with E-state index in [2.05, 4.69) is 15.9 Å². The second-order valence-corrected chi connectivity index (χ2v) is 5.32. The highest BCUT2D eigenvalue weighted by molar-refractivity contribution is 9.09. The maximum absolute atomic E-state index is 12.4. The van der Waals surface area contributed by atoms with E-state index in [0.29, 0.717) is 20.9 Å². The van der Waals surface area contributed by atoms with Crippen LogP contribution in [-0.2, 0) is 6.54 Å². The average molecular weight is 365 g/mol. The fraction of sp³-hybridized carbons (Fsp3) is 0.455. The van der Waals surface area contributed by atoms with E-state index in [4.69, 9.17) is 23.2 Å². The molecule has 1 rings (SSSR count). The molecule has 7 heteroatoms. The Hall–Kier alpha value is 0.0300. The molecular formula is C11H11BrCl2F3N. The fourth-order valence-electron chi connectivity index (χ4n) is 1.49. The van der Waals surface area contributed by atoms with Crippen LogP contribution in [0.5, 0.6) is 0 Å². The molecular weight excluding hydrogens is 354 g/mol. The Labute approximate surface area is 122 Å². The topological polar surface area (TPSA) is 3.24 Å². The fourth-order valence-corrected chi connectivity index (χ4v) is 2.51. The van der Waals surface area contributed by atoms with Gasteiger partial charge in [-0.25, -0.2) is 0 Å². The molecule has 0 fully saturated rings. The van der Waals surface area contributed by atoms with Gasteiger partial charge in [-0.1, -0.05) is 45.2 Å². The second kappa shape index (κ2) is 6.98. The molecule has 0 aliphatic rings. The van der Waals surface area contributed by atoms with Crippen molar-refractivity contribution in [2.45, 2.75) is 12.7 Å². The van der Waals surface area contributed by atoms with Crippen molar-refractivity contribution in [3.05, 3.63) is 33.8 Å². The van der Waals surface area contributed by atoms with Crippen molar-refractivity contribution in [1.29, 1.82) is 0 Å². The van der Waals surface area contributed by atoms with Gasteiger partial charge in [0.25, 0.3) is 0 Å². The standard InChI is InChI=1S/C11H11BrCl2F3N/c12-4-5-18(7-11(15,16)17)6-8-9(13)2-1-3-10(8)14/h1-3H,4-7H2. The minimum absolute atomic E-state index is 0.0730. The molecule has 0 aliphatic heterocycles. The molecule has 0 spiro atoms. The normalized spacial score (nSPS) is 12.2. The lowest BCUT2D eigenvalue weighted by Crippen LogP contribution is -2.35. The Balaban J connectivity index is 2.83. The third kappa shape index (κ3) is 5.34. The first-order valence-corrected chi connectivity index (χ1v) is 6.99. The largest absolute Gasteiger partial charge is 0.401 e. The predicted octanol–water partition coefficient (Wildman–Crippen LogP) is 4.75. The van der Waals surface area contributed by atoms with Crippen molar-refractivity contribution in [3.8, 4) is 0 Å². The molecule has 0 unspecified atom stereocenters. The maximum Gasteiger partial charge on any atom is 0.401 e. The van der Waals surface area contributed by atoms with Crippen molar-refractivity contribution in [1.82, 2.24) is 4.90 Å². The molecule has 0 bridgehead atoms. The molecule has 18 heavy (non-hydrogen) atoms. The zero-order valence-corrected chi connectivity index (χ0v) is 12.4. The Morgan fingerprint density at radius 3 is 2.17 bits per heavy atom. The van der Waals surface area contributed by atoms with E-state index in [-0.39, 0.29) is 13.1 Å². The van der Waals surface area contributed by atoms with E-state index >= 15 is 0 Å². The first-order valence-electron chi connectivity index (χ1n) is 5.11. The number of halogens is 6. The molecule has 0 aromatic heterocycles. The van der Waals surface area contributed by atoms with E-state index in [1.165, 1.54) is 4.90 Å². The Morgan fingerprint density at radius 1 is 1.17 bits per heavy atom. The first-order chi connectivity index (χ1) is 8.33. The van der Waals surface area contributed by atoms with Crippen LogP contribution in [0.4, 0.5) is 13.2 Å². The molecule has 1 aromatic rings. The van der Waals surface area contributed by atoms with Gasteiger partial charge in [0.1, 0.15) is 0 Å². The predicted molar refractivity (Wildman–Crippen MR) is 71.6 cm³/mol. The van der Waals surface area contributed by atoms with E-state index in [1.54, 1.807) is 18.2 Å². The van der Waals surface area contributed by atoms with Crippen LogP contribution in [0.1, 0.15) is 5.56 Å². The van der Waals surface area contributed by atoms with Gasteiger partial charge in [0.15, 0.2) is 0 Å². The van der Waals surface area contributed by atoms with Gasteiger partial charge in [-0.05, 0) is 12.1 Å². The van der Waals surface area contributed by atoms with Crippen molar-refractivity contribution < 1.29 is 13.2 Å². The van der Waals surface area contributed by atoms with Crippen LogP contribution in [0, 0.1) is 0 Å². The molecule has 0 heterocycles. The summed E-state index contributed by atoms with van der Waals surface area (Å²) in [6.45, 7) is -0.648. The molecule has 0 saturated carbocycles. The lowest BCUT2D eigenvalue weighted by atomic mass is 10.2. The van der Waals surface area contributed by atoms with Crippen molar-refractivity contribution in [3.63, 3.8) is 0 Å². The summed E-state index contributed by atoms with van der Waals surface area (Å²) in [6, 6.07) is 4.89. The highest BCUT2D eigenvalue weighted by Crippen LogP contribution is 2.27. The molecule has 0 amide bonds. The molecule has 102 valence electrons. The summed E-state index contributed by atoms with van der Waals surface area (Å²) in [7, 11) is 0. The molecule has 1 nitrogen and oxygen atoms in total. The molecule has 0 atom stereocenters. The van der Waals surface area contributed by atoms with Gasteiger partial charge in [-0.15, -0.1) is 0 Å². The van der Waals surface area contributed by atoms with Crippen LogP contribution >= 0.6 is 39.1 Å². The Kier molecular flexibility index (Phi) is 6.24. The van der Waals surface area contributed by atoms with Crippen LogP contribution in [0.2, 0.25) is 10.0 Å². The van der Waals surface area contributed by atoms with E-state index in [1.807, 2.05) is 0 Å². The Bertz CT molecular complexity index is 378. The third-order valence-corrected chi connectivity index (χ3v) is 3.31. The van der Waals surface area contributed by atoms with E-state index < -0.39 is 12.7 Å². The number of alkyl halides is 4. The number of nitrogens with zero attached hydrogens (tertiary/aromatic N) is 1. The van der Waals surface area contributed by atoms with Gasteiger partial charge < -0.3 is 0 Å². The zero-order valence-electron chi connectivity index (χ0n) is 9.28. The first kappa shape index (κ1) is 16.1. The van der Waals surface area contributed by atoms with Gasteiger partial charge >= 0.3 is 6.18 Å².